The van der Waals surface area contributed by atoms with Gasteiger partial charge in [0, 0.05) is 11.1 Å². The Labute approximate surface area is 171 Å². The van der Waals surface area contributed by atoms with Gasteiger partial charge >= 0.3 is 0 Å². The number of carbonyl (C=O) groups is 2. The molecule has 0 saturated carbocycles. The summed E-state index contributed by atoms with van der Waals surface area (Å²) >= 11 is 0. The highest BCUT2D eigenvalue weighted by Gasteiger charge is 2.46. The van der Waals surface area contributed by atoms with E-state index < -0.39 is 23.1 Å². The summed E-state index contributed by atoms with van der Waals surface area (Å²) in [6, 6.07) is 14.0. The highest BCUT2D eigenvalue weighted by Crippen LogP contribution is 2.43. The van der Waals surface area contributed by atoms with Gasteiger partial charge in [-0.15, -0.1) is 0 Å². The maximum absolute atomic E-state index is 13.2. The van der Waals surface area contributed by atoms with Crippen molar-refractivity contribution < 1.29 is 19.4 Å². The standard InChI is InChI=1S/C24H27NO4/c1-6-29-18-9-7-8-16(14-18)20-19(22(27)24(3,4)5)21(26)23(28)25(20)17-12-10-15(2)11-13-17/h7-14,20,26H,6H2,1-5H3. The van der Waals surface area contributed by atoms with Gasteiger partial charge in [0.2, 0.25) is 0 Å². The summed E-state index contributed by atoms with van der Waals surface area (Å²) in [7, 11) is 0. The van der Waals surface area contributed by atoms with E-state index in [2.05, 4.69) is 0 Å². The van der Waals surface area contributed by atoms with Gasteiger partial charge in [0.25, 0.3) is 5.91 Å². The number of nitrogens with zero attached hydrogens (tertiary/aromatic N) is 1. The van der Waals surface area contributed by atoms with E-state index in [9.17, 15) is 14.7 Å². The summed E-state index contributed by atoms with van der Waals surface area (Å²) in [5, 5.41) is 10.7. The molecule has 0 aromatic heterocycles. The lowest BCUT2D eigenvalue weighted by Gasteiger charge is -2.29. The van der Waals surface area contributed by atoms with Crippen LogP contribution in [0.3, 0.4) is 0 Å². The van der Waals surface area contributed by atoms with Crippen LogP contribution < -0.4 is 9.64 Å². The lowest BCUT2D eigenvalue weighted by atomic mass is 9.82. The number of aliphatic hydroxyl groups is 1. The van der Waals surface area contributed by atoms with Gasteiger partial charge in [-0.3, -0.25) is 14.5 Å². The van der Waals surface area contributed by atoms with E-state index in [1.165, 1.54) is 4.90 Å². The van der Waals surface area contributed by atoms with E-state index in [0.29, 0.717) is 23.6 Å². The smallest absolute Gasteiger partial charge is 0.294 e. The molecule has 29 heavy (non-hydrogen) atoms. The first-order valence-electron chi connectivity index (χ1n) is 9.76. The fraction of sp³-hybridized carbons (Fsp3) is 0.333. The molecule has 1 N–H and O–H groups in total. The molecule has 0 spiro atoms. The van der Waals surface area contributed by atoms with E-state index in [1.807, 2.05) is 62.4 Å². The first kappa shape index (κ1) is 20.6. The van der Waals surface area contributed by atoms with E-state index in [4.69, 9.17) is 4.74 Å². The maximum Gasteiger partial charge on any atom is 0.294 e. The molecule has 2 aromatic carbocycles. The van der Waals surface area contributed by atoms with Crippen LogP contribution in [0.4, 0.5) is 5.69 Å². The molecule has 1 aliphatic heterocycles. The molecule has 0 saturated heterocycles. The predicted molar refractivity (Wildman–Crippen MR) is 113 cm³/mol. The summed E-state index contributed by atoms with van der Waals surface area (Å²) in [6.45, 7) is 9.70. The third-order valence-corrected chi connectivity index (χ3v) is 4.93. The molecule has 3 rings (SSSR count). The largest absolute Gasteiger partial charge is 0.503 e. The molecule has 1 amide bonds. The van der Waals surface area contributed by atoms with Crippen LogP contribution in [0, 0.1) is 12.3 Å². The first-order valence-corrected chi connectivity index (χ1v) is 9.76. The fourth-order valence-electron chi connectivity index (χ4n) is 3.47. The van der Waals surface area contributed by atoms with E-state index in [1.54, 1.807) is 20.8 Å². The molecule has 152 valence electrons. The summed E-state index contributed by atoms with van der Waals surface area (Å²) in [6.07, 6.45) is 0. The molecule has 1 atom stereocenters. The molecule has 0 fully saturated rings. The Bertz CT molecular complexity index is 967. The highest BCUT2D eigenvalue weighted by molar-refractivity contribution is 6.17. The Balaban J connectivity index is 2.19. The molecular weight excluding hydrogens is 366 g/mol. The van der Waals surface area contributed by atoms with Crippen molar-refractivity contribution in [3.63, 3.8) is 0 Å². The van der Waals surface area contributed by atoms with Crippen LogP contribution >= 0.6 is 0 Å². The van der Waals surface area contributed by atoms with Gasteiger partial charge in [0.1, 0.15) is 5.75 Å². The van der Waals surface area contributed by atoms with Crippen LogP contribution in [0.1, 0.15) is 44.9 Å². The van der Waals surface area contributed by atoms with Gasteiger partial charge in [0.05, 0.1) is 18.2 Å². The summed E-state index contributed by atoms with van der Waals surface area (Å²) < 4.78 is 5.61. The maximum atomic E-state index is 13.2. The Kier molecular flexibility index (Phi) is 5.51. The number of benzene rings is 2. The second-order valence-corrected chi connectivity index (χ2v) is 8.26. The van der Waals surface area contributed by atoms with Crippen LogP contribution in [-0.4, -0.2) is 23.4 Å². The van der Waals surface area contributed by atoms with Gasteiger partial charge in [-0.25, -0.2) is 0 Å². The van der Waals surface area contributed by atoms with Gasteiger partial charge in [0.15, 0.2) is 11.5 Å². The normalized spacial score (nSPS) is 17.1. The number of carbonyl (C=O) groups excluding carboxylic acids is 2. The lowest BCUT2D eigenvalue weighted by molar-refractivity contribution is -0.123. The van der Waals surface area contributed by atoms with Crippen molar-refractivity contribution in [3.05, 3.63) is 71.0 Å². The Morgan fingerprint density at radius 3 is 2.38 bits per heavy atom. The fourth-order valence-corrected chi connectivity index (χ4v) is 3.47. The van der Waals surface area contributed by atoms with Gasteiger partial charge in [-0.05, 0) is 43.7 Å². The van der Waals surface area contributed by atoms with Gasteiger partial charge in [-0.2, -0.15) is 0 Å². The summed E-state index contributed by atoms with van der Waals surface area (Å²) in [4.78, 5) is 27.8. The van der Waals surface area contributed by atoms with Gasteiger partial charge in [-0.1, -0.05) is 50.6 Å². The number of ketones is 1. The molecule has 1 unspecified atom stereocenters. The molecule has 5 nitrogen and oxygen atoms in total. The minimum absolute atomic E-state index is 0.122. The third-order valence-electron chi connectivity index (χ3n) is 4.93. The van der Waals surface area contributed by atoms with Crippen molar-refractivity contribution in [3.8, 4) is 5.75 Å². The number of aryl methyl sites for hydroxylation is 1. The highest BCUT2D eigenvalue weighted by atomic mass is 16.5. The number of hydrogen-bond donors (Lipinski definition) is 1. The van der Waals surface area contributed by atoms with E-state index in [0.717, 1.165) is 5.56 Å². The van der Waals surface area contributed by atoms with Crippen LogP contribution in [0.5, 0.6) is 5.75 Å². The first-order chi connectivity index (χ1) is 13.6. The zero-order chi connectivity index (χ0) is 21.3. The van der Waals surface area contributed by atoms with Crippen LogP contribution in [-0.2, 0) is 9.59 Å². The minimum Gasteiger partial charge on any atom is -0.503 e. The van der Waals surface area contributed by atoms with Crippen LogP contribution in [0.25, 0.3) is 0 Å². The molecule has 5 heteroatoms. The monoisotopic (exact) mass is 393 g/mol. The van der Waals surface area contributed by atoms with Crippen molar-refractivity contribution in [1.82, 2.24) is 0 Å². The molecule has 2 aromatic rings. The average Bonchev–Trinajstić information content (AvgIpc) is 2.93. The molecule has 1 heterocycles. The van der Waals surface area contributed by atoms with Crippen molar-refractivity contribution in [1.29, 1.82) is 0 Å². The second kappa shape index (κ2) is 7.74. The Morgan fingerprint density at radius 1 is 1.14 bits per heavy atom. The topological polar surface area (TPSA) is 66.8 Å². The molecular formula is C24H27NO4. The lowest BCUT2D eigenvalue weighted by Crippen LogP contribution is -2.32. The van der Waals surface area contributed by atoms with E-state index in [-0.39, 0.29) is 11.4 Å². The zero-order valence-corrected chi connectivity index (χ0v) is 17.5. The Hall–Kier alpha value is -3.08. The van der Waals surface area contributed by atoms with Crippen molar-refractivity contribution in [2.45, 2.75) is 40.7 Å². The predicted octanol–water partition coefficient (Wildman–Crippen LogP) is 4.91. The SMILES string of the molecule is CCOc1cccc(C2C(C(=O)C(C)(C)C)=C(O)C(=O)N2c2ccc(C)cc2)c1. The number of Topliss-reactive ketones (excluding diaryl/α,β-unsaturated/α-hetero) is 1. The third kappa shape index (κ3) is 3.90. The number of ether oxygens (including phenoxy) is 1. The Morgan fingerprint density at radius 2 is 1.79 bits per heavy atom. The van der Waals surface area contributed by atoms with Crippen molar-refractivity contribution in [2.75, 3.05) is 11.5 Å². The molecule has 0 bridgehead atoms. The van der Waals surface area contributed by atoms with E-state index >= 15 is 0 Å². The molecule has 0 radical (unpaired) electrons. The molecule has 1 aliphatic rings. The average molecular weight is 393 g/mol. The summed E-state index contributed by atoms with van der Waals surface area (Å²) in [5.41, 5.74) is 1.76. The number of anilines is 1. The number of aliphatic hydroxyl groups excluding tert-OH is 1. The van der Waals surface area contributed by atoms with Crippen molar-refractivity contribution >= 4 is 17.4 Å². The second-order valence-electron chi connectivity index (χ2n) is 8.26. The number of amides is 1. The minimum atomic E-state index is -0.747. The molecule has 0 aliphatic carbocycles. The van der Waals surface area contributed by atoms with Crippen LogP contribution in [0.15, 0.2) is 59.9 Å². The van der Waals surface area contributed by atoms with Crippen LogP contribution in [0.2, 0.25) is 0 Å². The number of rotatable bonds is 5. The van der Waals surface area contributed by atoms with Crippen molar-refractivity contribution in [2.24, 2.45) is 5.41 Å². The number of hydrogen-bond acceptors (Lipinski definition) is 4. The summed E-state index contributed by atoms with van der Waals surface area (Å²) in [5.74, 6) is -0.675. The quantitative estimate of drug-likeness (QED) is 0.784. The zero-order valence-electron chi connectivity index (χ0n) is 17.5. The van der Waals surface area contributed by atoms with Gasteiger partial charge < -0.3 is 9.84 Å².